The number of aromatic nitrogens is 1. The highest BCUT2D eigenvalue weighted by Gasteiger charge is 2.33. The summed E-state index contributed by atoms with van der Waals surface area (Å²) in [6.07, 6.45) is 13.6. The molecule has 1 aromatic heterocycles. The number of hydrogen-bond acceptors (Lipinski definition) is 7. The van der Waals surface area contributed by atoms with Crippen LogP contribution in [0.1, 0.15) is 64.2 Å². The van der Waals surface area contributed by atoms with Crippen LogP contribution >= 0.6 is 23.1 Å². The average Bonchev–Trinajstić information content (AvgIpc) is 3.22. The van der Waals surface area contributed by atoms with Crippen LogP contribution in [0, 0.1) is 0 Å². The van der Waals surface area contributed by atoms with E-state index in [2.05, 4.69) is 15.6 Å². The van der Waals surface area contributed by atoms with Gasteiger partial charge in [-0.15, -0.1) is 11.8 Å². The minimum atomic E-state index is -0.553. The Bertz CT molecular complexity index is 656. The molecule has 30 heavy (non-hydrogen) atoms. The van der Waals surface area contributed by atoms with Gasteiger partial charge in [0, 0.05) is 19.2 Å². The van der Waals surface area contributed by atoms with E-state index in [1.54, 1.807) is 6.20 Å². The number of thiazole rings is 1. The molecule has 0 atom stereocenters. The summed E-state index contributed by atoms with van der Waals surface area (Å²) in [6, 6.07) is -0.377. The number of carbonyl (C=O) groups is 3. The molecule has 4 amide bonds. The third-order valence-corrected chi connectivity index (χ3v) is 7.39. The first-order valence-electron chi connectivity index (χ1n) is 10.5. The minimum absolute atomic E-state index is 0.232. The maximum absolute atomic E-state index is 13.0. The van der Waals surface area contributed by atoms with Crippen LogP contribution in [0.15, 0.2) is 10.4 Å². The molecule has 8 nitrogen and oxygen atoms in total. The average molecular weight is 457 g/mol. The number of anilines is 1. The zero-order valence-corrected chi connectivity index (χ0v) is 19.1. The fourth-order valence-corrected chi connectivity index (χ4v) is 5.72. The van der Waals surface area contributed by atoms with Gasteiger partial charge in [0.1, 0.15) is 6.29 Å². The summed E-state index contributed by atoms with van der Waals surface area (Å²) in [4.78, 5) is 41.9. The van der Waals surface area contributed by atoms with E-state index in [4.69, 9.17) is 5.11 Å². The zero-order chi connectivity index (χ0) is 21.8. The maximum atomic E-state index is 13.0. The highest BCUT2D eigenvalue weighted by molar-refractivity contribution is 8.01. The van der Waals surface area contributed by atoms with Crippen LogP contribution in [0.5, 0.6) is 0 Å². The number of nitrogens with one attached hydrogen (secondary N) is 2. The van der Waals surface area contributed by atoms with Crippen LogP contribution < -0.4 is 10.6 Å². The monoisotopic (exact) mass is 456 g/mol. The first-order chi connectivity index (χ1) is 14.7. The molecule has 1 heterocycles. The Hall–Kier alpha value is -1.65. The summed E-state index contributed by atoms with van der Waals surface area (Å²) in [5, 5.41) is 12.6. The fraction of sp³-hybridized carbons (Fsp3) is 0.700. The normalized spacial score (nSPS) is 17.4. The van der Waals surface area contributed by atoms with E-state index in [0.717, 1.165) is 69.0 Å². The molecule has 0 spiro atoms. The van der Waals surface area contributed by atoms with Gasteiger partial charge in [0.15, 0.2) is 5.13 Å². The quantitative estimate of drug-likeness (QED) is 0.436. The van der Waals surface area contributed by atoms with Gasteiger partial charge in [0.05, 0.1) is 16.2 Å². The van der Waals surface area contributed by atoms with Gasteiger partial charge >= 0.3 is 12.1 Å². The summed E-state index contributed by atoms with van der Waals surface area (Å²) in [7, 11) is 1.00. The number of rotatable bonds is 6. The van der Waals surface area contributed by atoms with Crippen molar-refractivity contribution in [2.45, 2.75) is 80.5 Å². The number of imide groups is 1. The fourth-order valence-electron chi connectivity index (χ4n) is 4.14. The molecule has 0 bridgehead atoms. The largest absolute Gasteiger partial charge is 0.400 e. The molecule has 0 aromatic carbocycles. The van der Waals surface area contributed by atoms with Crippen molar-refractivity contribution >= 4 is 46.6 Å². The predicted octanol–water partition coefficient (Wildman–Crippen LogP) is 4.25. The summed E-state index contributed by atoms with van der Waals surface area (Å²) >= 11 is 2.65. The number of urea groups is 2. The van der Waals surface area contributed by atoms with Crippen molar-refractivity contribution in [3.05, 3.63) is 6.20 Å². The molecule has 3 N–H and O–H groups in total. The van der Waals surface area contributed by atoms with Crippen LogP contribution in [0.25, 0.3) is 0 Å². The van der Waals surface area contributed by atoms with E-state index in [1.807, 2.05) is 4.90 Å². The van der Waals surface area contributed by atoms with Crippen LogP contribution in [0.3, 0.4) is 0 Å². The molecule has 2 fully saturated rings. The molecule has 1 aromatic rings. The molecular formula is C20H32N4O4S2. The van der Waals surface area contributed by atoms with Crippen molar-refractivity contribution in [3.8, 4) is 0 Å². The summed E-state index contributed by atoms with van der Waals surface area (Å²) < 4.78 is 0.847. The van der Waals surface area contributed by atoms with Crippen molar-refractivity contribution in [2.24, 2.45) is 0 Å². The third-order valence-electron chi connectivity index (χ3n) is 5.39. The van der Waals surface area contributed by atoms with Gasteiger partial charge in [-0.3, -0.25) is 10.6 Å². The van der Waals surface area contributed by atoms with E-state index < -0.39 is 6.03 Å². The number of aliphatic hydroxyl groups is 1. The lowest BCUT2D eigenvalue weighted by Crippen LogP contribution is -2.54. The molecule has 0 unspecified atom stereocenters. The topological polar surface area (TPSA) is 112 Å². The first-order valence-corrected chi connectivity index (χ1v) is 12.3. The first kappa shape index (κ1) is 24.6. The van der Waals surface area contributed by atoms with Gasteiger partial charge < -0.3 is 14.8 Å². The Morgan fingerprint density at radius 2 is 1.70 bits per heavy atom. The number of aliphatic hydroxyl groups excluding tert-OH is 1. The van der Waals surface area contributed by atoms with E-state index in [1.165, 1.54) is 35.9 Å². The highest BCUT2D eigenvalue weighted by atomic mass is 32.2. The van der Waals surface area contributed by atoms with E-state index in [9.17, 15) is 14.4 Å². The number of nitrogens with zero attached hydrogens (tertiary/aromatic N) is 2. The van der Waals surface area contributed by atoms with Crippen molar-refractivity contribution < 1.29 is 19.5 Å². The molecular weight excluding hydrogens is 424 g/mol. The Labute approximate surface area is 186 Å². The maximum Gasteiger partial charge on any atom is 0.329 e. The van der Waals surface area contributed by atoms with Crippen LogP contribution in [0.2, 0.25) is 0 Å². The van der Waals surface area contributed by atoms with Crippen LogP contribution in [-0.4, -0.2) is 58.3 Å². The van der Waals surface area contributed by atoms with Gasteiger partial charge in [0.25, 0.3) is 0 Å². The Kier molecular flexibility index (Phi) is 11.2. The molecule has 0 saturated heterocycles. The molecule has 3 rings (SSSR count). The Morgan fingerprint density at radius 3 is 2.23 bits per heavy atom. The van der Waals surface area contributed by atoms with Gasteiger partial charge in [-0.05, 0) is 25.7 Å². The minimum Gasteiger partial charge on any atom is -0.400 e. The van der Waals surface area contributed by atoms with Crippen molar-refractivity contribution in [2.75, 3.05) is 18.2 Å². The molecule has 10 heteroatoms. The number of thioether (sulfide) groups is 1. The number of amides is 4. The smallest absolute Gasteiger partial charge is 0.329 e. The lowest BCUT2D eigenvalue weighted by Gasteiger charge is -2.41. The summed E-state index contributed by atoms with van der Waals surface area (Å²) in [5.41, 5.74) is 0. The lowest BCUT2D eigenvalue weighted by atomic mass is 9.89. The number of carbonyl (C=O) groups excluding carboxylic acids is 3. The van der Waals surface area contributed by atoms with Crippen molar-refractivity contribution in [1.82, 2.24) is 15.2 Å². The third kappa shape index (κ3) is 7.55. The molecule has 2 aliphatic rings. The molecule has 0 radical (unpaired) electrons. The second-order valence-electron chi connectivity index (χ2n) is 7.34. The van der Waals surface area contributed by atoms with Crippen LogP contribution in [-0.2, 0) is 4.79 Å². The molecule has 168 valence electrons. The lowest BCUT2D eigenvalue weighted by molar-refractivity contribution is -0.105. The van der Waals surface area contributed by atoms with Crippen molar-refractivity contribution in [1.29, 1.82) is 0 Å². The summed E-state index contributed by atoms with van der Waals surface area (Å²) in [5.74, 6) is 0.351. The summed E-state index contributed by atoms with van der Waals surface area (Å²) in [6.45, 7) is 0. The molecule has 0 aliphatic heterocycles. The highest BCUT2D eigenvalue weighted by Crippen LogP contribution is 2.30. The Balaban J connectivity index is 0.00000155. The van der Waals surface area contributed by atoms with Crippen molar-refractivity contribution in [3.63, 3.8) is 0 Å². The van der Waals surface area contributed by atoms with E-state index in [0.29, 0.717) is 10.9 Å². The Morgan fingerprint density at radius 1 is 1.13 bits per heavy atom. The van der Waals surface area contributed by atoms with E-state index in [-0.39, 0.29) is 18.1 Å². The standard InChI is InChI=1S/C19H28N4O3S2.CH4O/c24-11-12-27-16-13-20-18(28-16)21-17(25)22-19(26)23(14-7-3-1-4-8-14)15-9-5-2-6-10-15;1-2/h11,13-15H,1-10,12H2,(H2,20,21,22,25,26);2H,1H3. The zero-order valence-electron chi connectivity index (χ0n) is 17.5. The van der Waals surface area contributed by atoms with E-state index >= 15 is 0 Å². The van der Waals surface area contributed by atoms with Gasteiger partial charge in [-0.2, -0.15) is 0 Å². The van der Waals surface area contributed by atoms with Gasteiger partial charge in [0.2, 0.25) is 0 Å². The van der Waals surface area contributed by atoms with Gasteiger partial charge in [-0.25, -0.2) is 14.6 Å². The number of aldehydes is 1. The van der Waals surface area contributed by atoms with Gasteiger partial charge in [-0.1, -0.05) is 49.9 Å². The van der Waals surface area contributed by atoms with Crippen LogP contribution in [0.4, 0.5) is 14.7 Å². The second-order valence-corrected chi connectivity index (χ2v) is 9.69. The SMILES string of the molecule is CO.O=CCSc1cnc(NC(=O)NC(=O)N(C2CCCCC2)C2CCCCC2)s1. The second kappa shape index (κ2) is 13.6. The molecule has 2 saturated carbocycles. The number of hydrogen-bond donors (Lipinski definition) is 3. The molecule has 2 aliphatic carbocycles. The predicted molar refractivity (Wildman–Crippen MR) is 120 cm³/mol.